The first kappa shape index (κ1) is 16.1. The second-order valence-electron chi connectivity index (χ2n) is 7.21. The van der Waals surface area contributed by atoms with Crippen LogP contribution in [-0.2, 0) is 9.84 Å². The van der Waals surface area contributed by atoms with E-state index in [0.29, 0.717) is 30.1 Å². The van der Waals surface area contributed by atoms with Crippen molar-refractivity contribution >= 4 is 15.8 Å². The highest BCUT2D eigenvalue weighted by atomic mass is 32.2. The molecule has 0 aromatic rings. The number of guanidine groups is 1. The zero-order valence-corrected chi connectivity index (χ0v) is 14.2. The number of sulfone groups is 1. The molecule has 1 saturated heterocycles. The van der Waals surface area contributed by atoms with E-state index in [1.165, 1.54) is 51.4 Å². The predicted molar refractivity (Wildman–Crippen MR) is 89.8 cm³/mol. The molecule has 5 nitrogen and oxygen atoms in total. The maximum absolute atomic E-state index is 11.6. The maximum atomic E-state index is 11.6. The van der Waals surface area contributed by atoms with Crippen molar-refractivity contribution < 1.29 is 8.42 Å². The van der Waals surface area contributed by atoms with E-state index in [-0.39, 0.29) is 5.92 Å². The topological polar surface area (TPSA) is 70.6 Å². The third-order valence-corrected chi connectivity index (χ3v) is 7.06. The highest BCUT2D eigenvalue weighted by Gasteiger charge is 2.28. The van der Waals surface area contributed by atoms with Crippen LogP contribution in [0.5, 0.6) is 0 Å². The number of nitrogens with zero attached hydrogens (tertiary/aromatic N) is 1. The van der Waals surface area contributed by atoms with Crippen LogP contribution in [0.25, 0.3) is 0 Å². The summed E-state index contributed by atoms with van der Waals surface area (Å²) in [5.41, 5.74) is 0. The van der Waals surface area contributed by atoms with Gasteiger partial charge in [-0.2, -0.15) is 0 Å². The molecule has 0 aromatic heterocycles. The minimum atomic E-state index is -2.80. The standard InChI is InChI=1S/C16H29N3O2S/c20-22(21)10-9-13(12-22)11-17-16(18-14-5-1-2-6-14)19-15-7-3-4-8-15/h13-15H,1-12H2,(H2,17,18,19). The van der Waals surface area contributed by atoms with Gasteiger partial charge in [0.2, 0.25) is 0 Å². The predicted octanol–water partition coefficient (Wildman–Crippen LogP) is 1.84. The molecule has 1 unspecified atom stereocenters. The van der Waals surface area contributed by atoms with E-state index < -0.39 is 9.84 Å². The van der Waals surface area contributed by atoms with Crippen LogP contribution in [-0.4, -0.2) is 44.5 Å². The lowest BCUT2D eigenvalue weighted by atomic mass is 10.1. The van der Waals surface area contributed by atoms with Crippen LogP contribution in [0.15, 0.2) is 4.99 Å². The summed E-state index contributed by atoms with van der Waals surface area (Å²) in [7, 11) is -2.80. The highest BCUT2D eigenvalue weighted by molar-refractivity contribution is 7.91. The summed E-state index contributed by atoms with van der Waals surface area (Å²) < 4.78 is 23.1. The Morgan fingerprint density at radius 1 is 0.909 bits per heavy atom. The van der Waals surface area contributed by atoms with Gasteiger partial charge in [0, 0.05) is 18.6 Å². The summed E-state index contributed by atoms with van der Waals surface area (Å²) in [6, 6.07) is 1.08. The molecule has 3 aliphatic rings. The number of aliphatic imine (C=N–C) groups is 1. The van der Waals surface area contributed by atoms with Gasteiger partial charge in [-0.05, 0) is 38.0 Å². The third kappa shape index (κ3) is 4.61. The van der Waals surface area contributed by atoms with Gasteiger partial charge in [0.15, 0.2) is 15.8 Å². The van der Waals surface area contributed by atoms with Crippen LogP contribution in [0.1, 0.15) is 57.8 Å². The molecular formula is C16H29N3O2S. The van der Waals surface area contributed by atoms with Crippen LogP contribution in [0.2, 0.25) is 0 Å². The van der Waals surface area contributed by atoms with Crippen LogP contribution >= 0.6 is 0 Å². The fraction of sp³-hybridized carbons (Fsp3) is 0.938. The van der Waals surface area contributed by atoms with Crippen molar-refractivity contribution in [2.45, 2.75) is 69.9 Å². The first-order valence-corrected chi connectivity index (χ1v) is 10.7. The van der Waals surface area contributed by atoms with Crippen molar-refractivity contribution in [3.05, 3.63) is 0 Å². The molecule has 0 spiro atoms. The van der Waals surface area contributed by atoms with Crippen molar-refractivity contribution in [1.82, 2.24) is 10.6 Å². The minimum Gasteiger partial charge on any atom is -0.354 e. The Kier molecular flexibility index (Phi) is 5.26. The number of rotatable bonds is 4. The lowest BCUT2D eigenvalue weighted by Crippen LogP contribution is -2.46. The van der Waals surface area contributed by atoms with Gasteiger partial charge in [-0.15, -0.1) is 0 Å². The first-order valence-electron chi connectivity index (χ1n) is 8.89. The molecule has 1 heterocycles. The molecule has 3 rings (SSSR count). The van der Waals surface area contributed by atoms with Gasteiger partial charge in [-0.3, -0.25) is 4.99 Å². The van der Waals surface area contributed by atoms with Crippen LogP contribution < -0.4 is 10.6 Å². The molecule has 1 atom stereocenters. The Morgan fingerprint density at radius 3 is 1.91 bits per heavy atom. The molecule has 0 aromatic carbocycles. The summed E-state index contributed by atoms with van der Waals surface area (Å²) in [6.07, 6.45) is 10.9. The molecule has 2 aliphatic carbocycles. The Balaban J connectivity index is 1.57. The summed E-state index contributed by atoms with van der Waals surface area (Å²) in [5.74, 6) is 1.78. The fourth-order valence-corrected chi connectivity index (χ4v) is 5.75. The highest BCUT2D eigenvalue weighted by Crippen LogP contribution is 2.21. The third-order valence-electron chi connectivity index (χ3n) is 5.23. The van der Waals surface area contributed by atoms with E-state index in [4.69, 9.17) is 4.99 Å². The van der Waals surface area contributed by atoms with Crippen LogP contribution in [0.4, 0.5) is 0 Å². The number of hydrogen-bond acceptors (Lipinski definition) is 3. The van der Waals surface area contributed by atoms with Crippen molar-refractivity contribution in [2.24, 2.45) is 10.9 Å². The molecule has 3 fully saturated rings. The summed E-state index contributed by atoms with van der Waals surface area (Å²) >= 11 is 0. The van der Waals surface area contributed by atoms with E-state index in [1.54, 1.807) is 0 Å². The van der Waals surface area contributed by atoms with E-state index in [2.05, 4.69) is 10.6 Å². The van der Waals surface area contributed by atoms with Crippen molar-refractivity contribution in [1.29, 1.82) is 0 Å². The Hall–Kier alpha value is -0.780. The van der Waals surface area contributed by atoms with Gasteiger partial charge in [0.05, 0.1) is 11.5 Å². The Morgan fingerprint density at radius 2 is 1.45 bits per heavy atom. The molecule has 2 saturated carbocycles. The molecule has 2 N–H and O–H groups in total. The fourth-order valence-electron chi connectivity index (χ4n) is 3.90. The molecule has 0 bridgehead atoms. The Bertz CT molecular complexity index is 472. The number of nitrogens with one attached hydrogen (secondary N) is 2. The maximum Gasteiger partial charge on any atom is 0.191 e. The second kappa shape index (κ2) is 7.20. The molecule has 6 heteroatoms. The van der Waals surface area contributed by atoms with Gasteiger partial charge in [-0.1, -0.05) is 25.7 Å². The van der Waals surface area contributed by atoms with Gasteiger partial charge in [-0.25, -0.2) is 8.42 Å². The van der Waals surface area contributed by atoms with E-state index in [1.807, 2.05) is 0 Å². The summed E-state index contributed by atoms with van der Waals surface area (Å²) in [6.45, 7) is 0.633. The summed E-state index contributed by atoms with van der Waals surface area (Å²) in [5, 5.41) is 7.15. The first-order chi connectivity index (χ1) is 10.6. The smallest absolute Gasteiger partial charge is 0.191 e. The molecule has 1 aliphatic heterocycles. The van der Waals surface area contributed by atoms with Gasteiger partial charge in [0.25, 0.3) is 0 Å². The number of hydrogen-bond donors (Lipinski definition) is 2. The average Bonchev–Trinajstić information content (AvgIpc) is 3.19. The Labute approximate surface area is 134 Å². The summed E-state index contributed by atoms with van der Waals surface area (Å²) in [4.78, 5) is 4.73. The zero-order valence-electron chi connectivity index (χ0n) is 13.4. The second-order valence-corrected chi connectivity index (χ2v) is 9.44. The van der Waals surface area contributed by atoms with Crippen LogP contribution in [0, 0.1) is 5.92 Å². The van der Waals surface area contributed by atoms with Crippen molar-refractivity contribution in [3.63, 3.8) is 0 Å². The zero-order chi connectivity index (χ0) is 15.4. The largest absolute Gasteiger partial charge is 0.354 e. The minimum absolute atomic E-state index is 0.204. The van der Waals surface area contributed by atoms with Crippen molar-refractivity contribution in [3.8, 4) is 0 Å². The van der Waals surface area contributed by atoms with Gasteiger partial charge >= 0.3 is 0 Å². The van der Waals surface area contributed by atoms with Gasteiger partial charge < -0.3 is 10.6 Å². The lowest BCUT2D eigenvalue weighted by Gasteiger charge is -2.21. The lowest BCUT2D eigenvalue weighted by molar-refractivity contribution is 0.558. The quantitative estimate of drug-likeness (QED) is 0.610. The van der Waals surface area contributed by atoms with E-state index in [0.717, 1.165) is 12.4 Å². The average molecular weight is 327 g/mol. The normalized spacial score (nSPS) is 28.8. The molecule has 22 heavy (non-hydrogen) atoms. The van der Waals surface area contributed by atoms with Crippen LogP contribution in [0.3, 0.4) is 0 Å². The van der Waals surface area contributed by atoms with Gasteiger partial charge in [0.1, 0.15) is 0 Å². The van der Waals surface area contributed by atoms with Crippen molar-refractivity contribution in [2.75, 3.05) is 18.1 Å². The van der Waals surface area contributed by atoms with E-state index >= 15 is 0 Å². The van der Waals surface area contributed by atoms with E-state index in [9.17, 15) is 8.42 Å². The monoisotopic (exact) mass is 327 g/mol. The molecule has 0 radical (unpaired) electrons. The molecular weight excluding hydrogens is 298 g/mol. The molecule has 0 amide bonds. The molecule has 126 valence electrons. The SMILES string of the molecule is O=S1(=O)CCC(CN=C(NC2CCCC2)NC2CCCC2)C1.